The molecule has 158 valence electrons. The molecule has 4 atom stereocenters. The summed E-state index contributed by atoms with van der Waals surface area (Å²) < 4.78 is 0. The Balaban J connectivity index is 2.75. The number of nitrogens with zero attached hydrogens (tertiary/aromatic N) is 1. The van der Waals surface area contributed by atoms with Crippen LogP contribution in [0.3, 0.4) is 0 Å². The number of carboxylic acid groups (broad SMARTS) is 2. The third-order valence-corrected chi connectivity index (χ3v) is 4.53. The Morgan fingerprint density at radius 2 is 1.71 bits per heavy atom. The molecule has 1 rings (SSSR count). The van der Waals surface area contributed by atoms with Crippen molar-refractivity contribution in [2.24, 2.45) is 11.7 Å². The van der Waals surface area contributed by atoms with E-state index in [9.17, 15) is 29.1 Å². The molecule has 0 aliphatic carbocycles. The van der Waals surface area contributed by atoms with Crippen LogP contribution < -0.4 is 16.4 Å². The van der Waals surface area contributed by atoms with Gasteiger partial charge in [-0.05, 0) is 25.7 Å². The summed E-state index contributed by atoms with van der Waals surface area (Å²) in [6.07, 6.45) is 0.358. The normalized spacial score (nSPS) is 19.6. The molecule has 1 fully saturated rings. The number of amides is 3. The van der Waals surface area contributed by atoms with Gasteiger partial charge in [-0.2, -0.15) is 0 Å². The molecule has 0 spiro atoms. The highest BCUT2D eigenvalue weighted by Crippen LogP contribution is 2.19. The maximum absolute atomic E-state index is 12.7. The first kappa shape index (κ1) is 23.3. The fourth-order valence-corrected chi connectivity index (χ4v) is 2.98. The Kier molecular flexibility index (Phi) is 8.35. The number of carbonyl (C=O) groups is 5. The molecule has 11 nitrogen and oxygen atoms in total. The zero-order valence-corrected chi connectivity index (χ0v) is 16.2. The predicted octanol–water partition coefficient (Wildman–Crippen LogP) is -1.49. The first-order chi connectivity index (χ1) is 13.0. The van der Waals surface area contributed by atoms with Crippen LogP contribution in [-0.4, -0.2) is 75.5 Å². The van der Waals surface area contributed by atoms with Gasteiger partial charge in [0.15, 0.2) is 0 Å². The van der Waals surface area contributed by atoms with Crippen molar-refractivity contribution in [2.45, 2.75) is 64.2 Å². The highest BCUT2D eigenvalue weighted by atomic mass is 16.4. The van der Waals surface area contributed by atoms with Crippen molar-refractivity contribution in [3.05, 3.63) is 0 Å². The molecule has 0 aromatic heterocycles. The van der Waals surface area contributed by atoms with Crippen molar-refractivity contribution < 1.29 is 34.2 Å². The van der Waals surface area contributed by atoms with Crippen LogP contribution in [0.25, 0.3) is 0 Å². The van der Waals surface area contributed by atoms with Crippen molar-refractivity contribution in [1.29, 1.82) is 0 Å². The molecule has 1 heterocycles. The number of aliphatic carboxylic acids is 2. The quantitative estimate of drug-likeness (QED) is 0.310. The highest BCUT2D eigenvalue weighted by Gasteiger charge is 2.38. The summed E-state index contributed by atoms with van der Waals surface area (Å²) in [5, 5.41) is 22.7. The second-order valence-electron chi connectivity index (χ2n) is 7.19. The van der Waals surface area contributed by atoms with Gasteiger partial charge in [-0.25, -0.2) is 4.79 Å². The van der Waals surface area contributed by atoms with E-state index in [1.54, 1.807) is 13.8 Å². The molecule has 3 amide bonds. The largest absolute Gasteiger partial charge is 0.481 e. The van der Waals surface area contributed by atoms with Gasteiger partial charge in [0.05, 0.1) is 12.5 Å². The van der Waals surface area contributed by atoms with Crippen LogP contribution >= 0.6 is 0 Å². The zero-order chi connectivity index (χ0) is 21.6. The van der Waals surface area contributed by atoms with Crippen LogP contribution in [0.15, 0.2) is 0 Å². The molecule has 0 saturated carbocycles. The molecule has 1 saturated heterocycles. The average Bonchev–Trinajstić information content (AvgIpc) is 3.06. The van der Waals surface area contributed by atoms with E-state index in [1.165, 1.54) is 11.8 Å². The molecule has 28 heavy (non-hydrogen) atoms. The SMILES string of the molecule is CC(NC(=O)C(N)CC(=O)O)C(=O)N1CCCC1C(=O)NC(C(=O)O)C(C)C. The number of nitrogens with two attached hydrogens (primary N) is 1. The Morgan fingerprint density at radius 1 is 1.11 bits per heavy atom. The number of rotatable bonds is 9. The topological polar surface area (TPSA) is 179 Å². The van der Waals surface area contributed by atoms with E-state index in [4.69, 9.17) is 10.8 Å². The standard InChI is InChI=1S/C17H28N4O7/c1-8(2)13(17(27)28)20-15(25)11-5-4-6-21(11)16(26)9(3)19-14(24)10(18)7-12(22)23/h8-11,13H,4-7,18H2,1-3H3,(H,19,24)(H,20,25)(H,22,23)(H,27,28). The molecule has 0 bridgehead atoms. The smallest absolute Gasteiger partial charge is 0.326 e. The van der Waals surface area contributed by atoms with Crippen molar-refractivity contribution in [1.82, 2.24) is 15.5 Å². The summed E-state index contributed by atoms with van der Waals surface area (Å²) >= 11 is 0. The van der Waals surface area contributed by atoms with Gasteiger partial charge in [0, 0.05) is 6.54 Å². The number of carboxylic acids is 2. The third kappa shape index (κ3) is 6.19. The van der Waals surface area contributed by atoms with Gasteiger partial charge < -0.3 is 31.5 Å². The molecular weight excluding hydrogens is 372 g/mol. The fourth-order valence-electron chi connectivity index (χ4n) is 2.98. The van der Waals surface area contributed by atoms with Gasteiger partial charge in [-0.1, -0.05) is 13.8 Å². The van der Waals surface area contributed by atoms with Crippen LogP contribution in [0.5, 0.6) is 0 Å². The maximum atomic E-state index is 12.7. The monoisotopic (exact) mass is 400 g/mol. The summed E-state index contributed by atoms with van der Waals surface area (Å²) in [5.74, 6) is -4.60. The van der Waals surface area contributed by atoms with E-state index in [0.29, 0.717) is 12.8 Å². The van der Waals surface area contributed by atoms with Gasteiger partial charge in [-0.15, -0.1) is 0 Å². The fraction of sp³-hybridized carbons (Fsp3) is 0.706. The Bertz CT molecular complexity index is 637. The van der Waals surface area contributed by atoms with Crippen molar-refractivity contribution in [3.8, 4) is 0 Å². The Labute approximate surface area is 162 Å². The summed E-state index contributed by atoms with van der Waals surface area (Å²) in [6, 6.07) is -4.22. The van der Waals surface area contributed by atoms with E-state index < -0.39 is 60.2 Å². The van der Waals surface area contributed by atoms with Gasteiger partial charge in [-0.3, -0.25) is 19.2 Å². The molecule has 6 N–H and O–H groups in total. The Morgan fingerprint density at radius 3 is 2.21 bits per heavy atom. The molecular formula is C17H28N4O7. The summed E-state index contributed by atoms with van der Waals surface area (Å²) in [6.45, 7) is 5.02. The van der Waals surface area contributed by atoms with Gasteiger partial charge in [0.25, 0.3) is 0 Å². The van der Waals surface area contributed by atoms with E-state index in [0.717, 1.165) is 0 Å². The van der Waals surface area contributed by atoms with Gasteiger partial charge in [0.2, 0.25) is 17.7 Å². The van der Waals surface area contributed by atoms with Gasteiger partial charge in [0.1, 0.15) is 18.1 Å². The first-order valence-electron chi connectivity index (χ1n) is 9.07. The number of nitrogens with one attached hydrogen (secondary N) is 2. The summed E-state index contributed by atoms with van der Waals surface area (Å²) in [7, 11) is 0. The lowest BCUT2D eigenvalue weighted by Crippen LogP contribution is -2.56. The van der Waals surface area contributed by atoms with Crippen LogP contribution in [-0.2, 0) is 24.0 Å². The predicted molar refractivity (Wildman–Crippen MR) is 97.0 cm³/mol. The molecule has 4 unspecified atom stereocenters. The van der Waals surface area contributed by atoms with Crippen molar-refractivity contribution in [3.63, 3.8) is 0 Å². The maximum Gasteiger partial charge on any atom is 0.326 e. The van der Waals surface area contributed by atoms with Crippen LogP contribution in [0.1, 0.15) is 40.0 Å². The highest BCUT2D eigenvalue weighted by molar-refractivity contribution is 5.94. The van der Waals surface area contributed by atoms with Crippen molar-refractivity contribution in [2.75, 3.05) is 6.54 Å². The molecule has 11 heteroatoms. The summed E-state index contributed by atoms with van der Waals surface area (Å²) in [5.41, 5.74) is 5.47. The zero-order valence-electron chi connectivity index (χ0n) is 16.2. The summed E-state index contributed by atoms with van der Waals surface area (Å²) in [4.78, 5) is 60.3. The second kappa shape index (κ2) is 10.0. The third-order valence-electron chi connectivity index (χ3n) is 4.53. The molecule has 0 aromatic carbocycles. The number of hydrogen-bond donors (Lipinski definition) is 5. The lowest BCUT2D eigenvalue weighted by Gasteiger charge is -2.29. The second-order valence-corrected chi connectivity index (χ2v) is 7.19. The van der Waals surface area contributed by atoms with E-state index in [-0.39, 0.29) is 12.5 Å². The number of hydrogen-bond acceptors (Lipinski definition) is 6. The number of carbonyl (C=O) groups excluding carboxylic acids is 3. The van der Waals surface area contributed by atoms with E-state index in [2.05, 4.69) is 10.6 Å². The average molecular weight is 400 g/mol. The van der Waals surface area contributed by atoms with E-state index in [1.807, 2.05) is 0 Å². The number of likely N-dealkylation sites (tertiary alicyclic amines) is 1. The van der Waals surface area contributed by atoms with Crippen LogP contribution in [0.2, 0.25) is 0 Å². The van der Waals surface area contributed by atoms with E-state index >= 15 is 0 Å². The molecule has 1 aliphatic rings. The minimum atomic E-state index is -1.30. The Hall–Kier alpha value is -2.69. The van der Waals surface area contributed by atoms with Crippen molar-refractivity contribution >= 4 is 29.7 Å². The van der Waals surface area contributed by atoms with Gasteiger partial charge >= 0.3 is 11.9 Å². The van der Waals surface area contributed by atoms with Crippen LogP contribution in [0, 0.1) is 5.92 Å². The minimum absolute atomic E-state index is 0.289. The lowest BCUT2D eigenvalue weighted by atomic mass is 10.0. The first-order valence-corrected chi connectivity index (χ1v) is 9.07. The molecule has 0 aromatic rings. The lowest BCUT2D eigenvalue weighted by molar-refractivity contribution is -0.145. The molecule has 0 radical (unpaired) electrons. The molecule has 1 aliphatic heterocycles. The van der Waals surface area contributed by atoms with Crippen LogP contribution in [0.4, 0.5) is 0 Å². The minimum Gasteiger partial charge on any atom is -0.481 e.